The predicted octanol–water partition coefficient (Wildman–Crippen LogP) is 5.02. The van der Waals surface area contributed by atoms with Crippen molar-refractivity contribution in [2.75, 3.05) is 50.3 Å². The molecular weight excluding hydrogens is 460 g/mol. The van der Waals surface area contributed by atoms with Crippen molar-refractivity contribution in [2.24, 2.45) is 0 Å². The lowest BCUT2D eigenvalue weighted by Crippen LogP contribution is -2.14. The summed E-state index contributed by atoms with van der Waals surface area (Å²) in [7, 11) is 0. The van der Waals surface area contributed by atoms with Crippen molar-refractivity contribution < 1.29 is 28.5 Å². The molecule has 3 rings (SSSR count). The summed E-state index contributed by atoms with van der Waals surface area (Å²) in [6.45, 7) is 7.16. The number of carbonyl (C=O) groups is 2. The molecule has 0 heterocycles. The number of carbonyl (C=O) groups excluding carboxylic acids is 2. The maximum absolute atomic E-state index is 12.6. The molecule has 8 heteroatoms. The highest BCUT2D eigenvalue weighted by Gasteiger charge is 2.10. The van der Waals surface area contributed by atoms with E-state index in [2.05, 4.69) is 10.6 Å². The molecule has 0 aliphatic rings. The van der Waals surface area contributed by atoms with Gasteiger partial charge in [-0.2, -0.15) is 0 Å². The van der Waals surface area contributed by atoms with E-state index in [-0.39, 0.29) is 11.8 Å². The first-order chi connectivity index (χ1) is 17.6. The topological polar surface area (TPSA) is 95.1 Å². The highest BCUT2D eigenvalue weighted by Crippen LogP contribution is 2.18. The molecule has 190 valence electrons. The lowest BCUT2D eigenvalue weighted by molar-refractivity contribution is 0.101. The van der Waals surface area contributed by atoms with Gasteiger partial charge in [-0.05, 0) is 86.6 Å². The second-order valence-electron chi connectivity index (χ2n) is 7.63. The Morgan fingerprint density at radius 3 is 1.25 bits per heavy atom. The van der Waals surface area contributed by atoms with E-state index in [0.29, 0.717) is 73.6 Å². The molecule has 36 heavy (non-hydrogen) atoms. The summed E-state index contributed by atoms with van der Waals surface area (Å²) in [5.74, 6) is 0.859. The molecule has 0 atom stereocenters. The maximum Gasteiger partial charge on any atom is 0.255 e. The Balaban J connectivity index is 1.48. The molecule has 2 N–H and O–H groups in total. The van der Waals surface area contributed by atoms with Gasteiger partial charge in [-0.1, -0.05) is 0 Å². The summed E-state index contributed by atoms with van der Waals surface area (Å²) in [6, 6.07) is 20.7. The lowest BCUT2D eigenvalue weighted by atomic mass is 10.1. The van der Waals surface area contributed by atoms with Crippen molar-refractivity contribution in [2.45, 2.75) is 13.8 Å². The van der Waals surface area contributed by atoms with Crippen molar-refractivity contribution in [3.05, 3.63) is 83.9 Å². The second-order valence-corrected chi connectivity index (χ2v) is 7.63. The quantitative estimate of drug-likeness (QED) is 0.307. The van der Waals surface area contributed by atoms with Gasteiger partial charge < -0.3 is 29.6 Å². The fourth-order valence-corrected chi connectivity index (χ4v) is 3.17. The maximum atomic E-state index is 12.6. The summed E-state index contributed by atoms with van der Waals surface area (Å²) in [5, 5.41) is 5.68. The zero-order valence-corrected chi connectivity index (χ0v) is 20.6. The molecule has 3 aromatic carbocycles. The lowest BCUT2D eigenvalue weighted by Gasteiger charge is -2.10. The van der Waals surface area contributed by atoms with Gasteiger partial charge in [-0.25, -0.2) is 0 Å². The van der Waals surface area contributed by atoms with E-state index in [1.807, 2.05) is 13.8 Å². The molecule has 0 aromatic heterocycles. The standard InChI is InChI=1S/C28H32N2O6/c1-3-33-17-19-35-25-13-9-23(10-14-25)29-27(31)21-5-7-22(8-6-21)28(32)30-24-11-15-26(16-12-24)36-20-18-34-4-2/h5-16H,3-4,17-20H2,1-2H3,(H,29,31)(H,30,32). The Morgan fingerprint density at radius 1 is 0.556 bits per heavy atom. The van der Waals surface area contributed by atoms with Crippen LogP contribution in [0.1, 0.15) is 34.6 Å². The Morgan fingerprint density at radius 2 is 0.917 bits per heavy atom. The molecule has 0 spiro atoms. The van der Waals surface area contributed by atoms with Gasteiger partial charge in [-0.15, -0.1) is 0 Å². The van der Waals surface area contributed by atoms with Crippen LogP contribution in [0, 0.1) is 0 Å². The first-order valence-corrected chi connectivity index (χ1v) is 11.9. The zero-order chi connectivity index (χ0) is 25.6. The number of ether oxygens (including phenoxy) is 4. The summed E-state index contributed by atoms with van der Waals surface area (Å²) in [5.41, 5.74) is 2.17. The van der Waals surface area contributed by atoms with Crippen LogP contribution in [-0.2, 0) is 9.47 Å². The van der Waals surface area contributed by atoms with E-state index in [9.17, 15) is 9.59 Å². The van der Waals surface area contributed by atoms with Gasteiger partial charge in [0.15, 0.2) is 0 Å². The summed E-state index contributed by atoms with van der Waals surface area (Å²) >= 11 is 0. The van der Waals surface area contributed by atoms with Gasteiger partial charge in [-0.3, -0.25) is 9.59 Å². The van der Waals surface area contributed by atoms with E-state index < -0.39 is 0 Å². The minimum atomic E-state index is -0.271. The van der Waals surface area contributed by atoms with Crippen molar-refractivity contribution in [3.8, 4) is 11.5 Å². The van der Waals surface area contributed by atoms with E-state index in [1.54, 1.807) is 72.8 Å². The molecule has 3 aromatic rings. The van der Waals surface area contributed by atoms with Crippen LogP contribution in [0.15, 0.2) is 72.8 Å². The highest BCUT2D eigenvalue weighted by molar-refractivity contribution is 6.07. The molecule has 0 aliphatic carbocycles. The fourth-order valence-electron chi connectivity index (χ4n) is 3.17. The average Bonchev–Trinajstić information content (AvgIpc) is 2.91. The molecule has 2 amide bonds. The monoisotopic (exact) mass is 492 g/mol. The number of anilines is 2. The molecule has 8 nitrogen and oxygen atoms in total. The van der Waals surface area contributed by atoms with E-state index in [1.165, 1.54) is 0 Å². The van der Waals surface area contributed by atoms with Crippen molar-refractivity contribution >= 4 is 23.2 Å². The Kier molecular flexibility index (Phi) is 10.8. The van der Waals surface area contributed by atoms with Crippen LogP contribution in [0.25, 0.3) is 0 Å². The highest BCUT2D eigenvalue weighted by atomic mass is 16.5. The first-order valence-electron chi connectivity index (χ1n) is 11.9. The van der Waals surface area contributed by atoms with Gasteiger partial charge in [0.1, 0.15) is 24.7 Å². The van der Waals surface area contributed by atoms with Crippen LogP contribution >= 0.6 is 0 Å². The SMILES string of the molecule is CCOCCOc1ccc(NC(=O)c2ccc(C(=O)Nc3ccc(OCCOCC)cc3)cc2)cc1. The van der Waals surface area contributed by atoms with Crippen LogP contribution in [0.2, 0.25) is 0 Å². The van der Waals surface area contributed by atoms with E-state index in [0.717, 1.165) is 0 Å². The fraction of sp³-hybridized carbons (Fsp3) is 0.286. The molecule has 0 saturated heterocycles. The number of amides is 2. The van der Waals surface area contributed by atoms with E-state index >= 15 is 0 Å². The van der Waals surface area contributed by atoms with Gasteiger partial charge >= 0.3 is 0 Å². The third-order valence-electron chi connectivity index (χ3n) is 5.03. The third kappa shape index (κ3) is 8.72. The molecule has 0 saturated carbocycles. The van der Waals surface area contributed by atoms with Gasteiger partial charge in [0.25, 0.3) is 11.8 Å². The normalized spacial score (nSPS) is 10.5. The average molecular weight is 493 g/mol. The number of hydrogen-bond acceptors (Lipinski definition) is 6. The number of rotatable bonds is 14. The van der Waals surface area contributed by atoms with Crippen LogP contribution in [0.3, 0.4) is 0 Å². The minimum Gasteiger partial charge on any atom is -0.491 e. The predicted molar refractivity (Wildman–Crippen MR) is 139 cm³/mol. The largest absolute Gasteiger partial charge is 0.491 e. The Bertz CT molecular complexity index is 994. The van der Waals surface area contributed by atoms with Crippen molar-refractivity contribution in [1.29, 1.82) is 0 Å². The number of hydrogen-bond donors (Lipinski definition) is 2. The summed E-state index contributed by atoms with van der Waals surface area (Å²) in [6.07, 6.45) is 0. The van der Waals surface area contributed by atoms with E-state index in [4.69, 9.17) is 18.9 Å². The minimum absolute atomic E-state index is 0.271. The molecule has 0 radical (unpaired) electrons. The molecular formula is C28H32N2O6. The van der Waals surface area contributed by atoms with Crippen molar-refractivity contribution in [3.63, 3.8) is 0 Å². The van der Waals surface area contributed by atoms with Crippen molar-refractivity contribution in [1.82, 2.24) is 0 Å². The first kappa shape index (κ1) is 26.7. The summed E-state index contributed by atoms with van der Waals surface area (Å²) < 4.78 is 21.6. The third-order valence-corrected chi connectivity index (χ3v) is 5.03. The van der Waals surface area contributed by atoms with Crippen LogP contribution in [-0.4, -0.2) is 51.5 Å². The molecule has 0 fully saturated rings. The van der Waals surface area contributed by atoms with Gasteiger partial charge in [0, 0.05) is 35.7 Å². The Hall–Kier alpha value is -3.88. The molecule has 0 bridgehead atoms. The molecule has 0 aliphatic heterocycles. The van der Waals surface area contributed by atoms with Crippen LogP contribution in [0.5, 0.6) is 11.5 Å². The molecule has 0 unspecified atom stereocenters. The van der Waals surface area contributed by atoms with Gasteiger partial charge in [0.05, 0.1) is 13.2 Å². The van der Waals surface area contributed by atoms with Gasteiger partial charge in [0.2, 0.25) is 0 Å². The number of nitrogens with one attached hydrogen (secondary N) is 2. The Labute approximate surface area is 211 Å². The zero-order valence-electron chi connectivity index (χ0n) is 20.6. The summed E-state index contributed by atoms with van der Waals surface area (Å²) in [4.78, 5) is 25.2. The van der Waals surface area contributed by atoms with Crippen LogP contribution in [0.4, 0.5) is 11.4 Å². The second kappa shape index (κ2) is 14.5. The number of benzene rings is 3. The van der Waals surface area contributed by atoms with Crippen LogP contribution < -0.4 is 20.1 Å². The smallest absolute Gasteiger partial charge is 0.255 e.